The normalized spacial score (nSPS) is 28.5. The van der Waals surface area contributed by atoms with Crippen LogP contribution in [-0.2, 0) is 9.59 Å². The molecule has 3 N–H and O–H groups in total. The van der Waals surface area contributed by atoms with E-state index in [0.29, 0.717) is 24.8 Å². The molecule has 0 saturated heterocycles. The first-order valence-electron chi connectivity index (χ1n) is 11.3. The minimum atomic E-state index is -4.53. The molecule has 0 bridgehead atoms. The van der Waals surface area contributed by atoms with Crippen molar-refractivity contribution in [1.82, 2.24) is 10.2 Å². The Balaban J connectivity index is 1.40. The van der Waals surface area contributed by atoms with Crippen LogP contribution in [0.15, 0.2) is 29.3 Å². The molecule has 0 aromatic heterocycles. The van der Waals surface area contributed by atoms with Crippen LogP contribution < -0.4 is 15.8 Å². The molecule has 33 heavy (non-hydrogen) atoms. The number of carbonyl (C=O) groups is 2. The van der Waals surface area contributed by atoms with Crippen molar-refractivity contribution in [2.24, 2.45) is 22.6 Å². The number of ether oxygens (including phenoxy) is 1. The first-order chi connectivity index (χ1) is 15.6. The van der Waals surface area contributed by atoms with Crippen molar-refractivity contribution in [3.63, 3.8) is 0 Å². The van der Waals surface area contributed by atoms with Gasteiger partial charge in [0.05, 0.1) is 18.0 Å². The highest BCUT2D eigenvalue weighted by molar-refractivity contribution is 5.99. The molecule has 2 heterocycles. The predicted octanol–water partition coefficient (Wildman–Crippen LogP) is 3.30. The molecule has 180 valence electrons. The molecular formula is C23H29F3N4O3. The summed E-state index contributed by atoms with van der Waals surface area (Å²) in [4.78, 5) is 31.6. The van der Waals surface area contributed by atoms with E-state index < -0.39 is 23.9 Å². The van der Waals surface area contributed by atoms with E-state index >= 15 is 0 Å². The summed E-state index contributed by atoms with van der Waals surface area (Å²) in [6.45, 7) is 4.23. The van der Waals surface area contributed by atoms with Gasteiger partial charge in [0.15, 0.2) is 12.1 Å². The smallest absolute Gasteiger partial charge is 0.425 e. The number of halogens is 3. The third kappa shape index (κ3) is 4.65. The van der Waals surface area contributed by atoms with E-state index in [1.807, 2.05) is 13.8 Å². The maximum Gasteiger partial charge on any atom is 0.425 e. The molecule has 0 radical (unpaired) electrons. The van der Waals surface area contributed by atoms with Gasteiger partial charge in [0.25, 0.3) is 0 Å². The molecule has 1 aromatic carbocycles. The Bertz CT molecular complexity index is 961. The fourth-order valence-electron chi connectivity index (χ4n) is 4.74. The second-order valence-electron chi connectivity index (χ2n) is 9.17. The Morgan fingerprint density at radius 2 is 1.97 bits per heavy atom. The first kappa shape index (κ1) is 23.4. The van der Waals surface area contributed by atoms with E-state index in [2.05, 4.69) is 10.3 Å². The SMILES string of the molecule is CCC1(CC)CC(=O)N(C[C@H]2C[C@@H]2C(=O)N[C@H]2CC(C(F)(F)F)Oc3ccccc32)C(N)=N1. The number of benzene rings is 1. The zero-order chi connectivity index (χ0) is 24.0. The number of para-hydroxylation sites is 1. The van der Waals surface area contributed by atoms with Crippen LogP contribution in [0.25, 0.3) is 0 Å². The van der Waals surface area contributed by atoms with Crippen LogP contribution in [-0.4, -0.2) is 47.0 Å². The summed E-state index contributed by atoms with van der Waals surface area (Å²) in [6, 6.07) is 5.64. The standard InChI is InChI=1S/C23H29F3N4O3/c1-3-22(4-2)11-19(31)30(21(27)29-22)12-13-9-15(13)20(32)28-16-10-18(23(24,25)26)33-17-8-6-5-7-14(16)17/h5-8,13,15-16,18H,3-4,9-12H2,1-2H3,(H2,27,29)(H,28,32)/t13-,15+,16+,18?/m1/s1. The molecule has 1 fully saturated rings. The highest BCUT2D eigenvalue weighted by Crippen LogP contribution is 2.43. The van der Waals surface area contributed by atoms with Crippen LogP contribution in [0.4, 0.5) is 13.2 Å². The van der Waals surface area contributed by atoms with Gasteiger partial charge in [-0.3, -0.25) is 14.5 Å². The topological polar surface area (TPSA) is 97.0 Å². The fraction of sp³-hybridized carbons (Fsp3) is 0.609. The number of nitrogens with two attached hydrogens (primary N) is 1. The van der Waals surface area contributed by atoms with Crippen LogP contribution in [0, 0.1) is 11.8 Å². The molecule has 7 nitrogen and oxygen atoms in total. The number of nitrogens with one attached hydrogen (secondary N) is 1. The summed E-state index contributed by atoms with van der Waals surface area (Å²) in [5.41, 5.74) is 6.15. The lowest BCUT2D eigenvalue weighted by Gasteiger charge is -2.36. The molecule has 2 aliphatic heterocycles. The number of nitrogens with zero attached hydrogens (tertiary/aromatic N) is 2. The Hall–Kier alpha value is -2.78. The van der Waals surface area contributed by atoms with Crippen molar-refractivity contribution < 1.29 is 27.5 Å². The van der Waals surface area contributed by atoms with Crippen molar-refractivity contribution >= 4 is 17.8 Å². The van der Waals surface area contributed by atoms with Crippen molar-refractivity contribution in [2.45, 2.75) is 69.8 Å². The van der Waals surface area contributed by atoms with Crippen LogP contribution in [0.3, 0.4) is 0 Å². The van der Waals surface area contributed by atoms with Gasteiger partial charge < -0.3 is 15.8 Å². The van der Waals surface area contributed by atoms with Crippen molar-refractivity contribution in [2.75, 3.05) is 6.54 Å². The van der Waals surface area contributed by atoms with Gasteiger partial charge in [0, 0.05) is 24.4 Å². The Kier molecular flexibility index (Phi) is 6.05. The van der Waals surface area contributed by atoms with E-state index in [1.54, 1.807) is 18.2 Å². The summed E-state index contributed by atoms with van der Waals surface area (Å²) in [5, 5.41) is 2.78. The summed E-state index contributed by atoms with van der Waals surface area (Å²) in [7, 11) is 0. The maximum atomic E-state index is 13.3. The van der Waals surface area contributed by atoms with Gasteiger partial charge in [-0.1, -0.05) is 32.0 Å². The fourth-order valence-corrected chi connectivity index (χ4v) is 4.74. The van der Waals surface area contributed by atoms with Gasteiger partial charge in [-0.15, -0.1) is 0 Å². The van der Waals surface area contributed by atoms with Crippen molar-refractivity contribution in [1.29, 1.82) is 0 Å². The first-order valence-corrected chi connectivity index (χ1v) is 11.3. The third-order valence-electron chi connectivity index (χ3n) is 7.10. The molecule has 1 saturated carbocycles. The molecule has 4 rings (SSSR count). The maximum absolute atomic E-state index is 13.3. The number of guanidine groups is 1. The number of carbonyl (C=O) groups excluding carboxylic acids is 2. The minimum Gasteiger partial charge on any atom is -0.480 e. The van der Waals surface area contributed by atoms with Crippen LogP contribution in [0.1, 0.15) is 57.6 Å². The quantitative estimate of drug-likeness (QED) is 0.672. The molecule has 0 spiro atoms. The lowest BCUT2D eigenvalue weighted by Crippen LogP contribution is -2.52. The van der Waals surface area contributed by atoms with E-state index in [9.17, 15) is 22.8 Å². The third-order valence-corrected chi connectivity index (χ3v) is 7.10. The summed E-state index contributed by atoms with van der Waals surface area (Å²) < 4.78 is 45.1. The van der Waals surface area contributed by atoms with Crippen LogP contribution in [0.5, 0.6) is 5.75 Å². The highest BCUT2D eigenvalue weighted by Gasteiger charge is 2.49. The lowest BCUT2D eigenvalue weighted by atomic mass is 9.88. The van der Waals surface area contributed by atoms with E-state index in [1.165, 1.54) is 11.0 Å². The van der Waals surface area contributed by atoms with E-state index in [4.69, 9.17) is 10.5 Å². The van der Waals surface area contributed by atoms with Crippen molar-refractivity contribution in [3.05, 3.63) is 29.8 Å². The zero-order valence-corrected chi connectivity index (χ0v) is 18.7. The molecule has 1 unspecified atom stereocenters. The summed E-state index contributed by atoms with van der Waals surface area (Å²) in [5.74, 6) is -0.613. The second-order valence-corrected chi connectivity index (χ2v) is 9.17. The number of hydrogen-bond acceptors (Lipinski definition) is 5. The van der Waals surface area contributed by atoms with Crippen LogP contribution in [0.2, 0.25) is 0 Å². The molecule has 10 heteroatoms. The number of hydrogen-bond donors (Lipinski definition) is 2. The lowest BCUT2D eigenvalue weighted by molar-refractivity contribution is -0.201. The largest absolute Gasteiger partial charge is 0.480 e. The average Bonchev–Trinajstić information content (AvgIpc) is 3.55. The second kappa shape index (κ2) is 8.53. The zero-order valence-electron chi connectivity index (χ0n) is 18.7. The van der Waals surface area contributed by atoms with Gasteiger partial charge in [-0.25, -0.2) is 4.99 Å². The monoisotopic (exact) mass is 466 g/mol. The number of aliphatic imine (C=N–C) groups is 1. The Morgan fingerprint density at radius 3 is 2.61 bits per heavy atom. The number of amides is 2. The molecule has 2 amide bonds. The van der Waals surface area contributed by atoms with E-state index in [0.717, 1.165) is 0 Å². The number of rotatable bonds is 6. The van der Waals surface area contributed by atoms with Gasteiger partial charge >= 0.3 is 6.18 Å². The minimum absolute atomic E-state index is 0.105. The molecule has 3 aliphatic rings. The number of fused-ring (bicyclic) bond motifs is 1. The Labute approximate surface area is 190 Å². The van der Waals surface area contributed by atoms with Gasteiger partial charge in [-0.05, 0) is 31.2 Å². The summed E-state index contributed by atoms with van der Waals surface area (Å²) in [6.07, 6.45) is -4.65. The summed E-state index contributed by atoms with van der Waals surface area (Å²) >= 11 is 0. The molecule has 4 atom stereocenters. The van der Waals surface area contributed by atoms with Crippen LogP contribution >= 0.6 is 0 Å². The number of alkyl halides is 3. The van der Waals surface area contributed by atoms with Gasteiger partial charge in [-0.2, -0.15) is 13.2 Å². The van der Waals surface area contributed by atoms with E-state index in [-0.39, 0.29) is 54.7 Å². The molecule has 1 aliphatic carbocycles. The molecule has 1 aromatic rings. The highest BCUT2D eigenvalue weighted by atomic mass is 19.4. The predicted molar refractivity (Wildman–Crippen MR) is 115 cm³/mol. The van der Waals surface area contributed by atoms with Gasteiger partial charge in [0.2, 0.25) is 11.8 Å². The average molecular weight is 467 g/mol. The Morgan fingerprint density at radius 1 is 1.27 bits per heavy atom. The molecular weight excluding hydrogens is 437 g/mol. The van der Waals surface area contributed by atoms with Crippen molar-refractivity contribution in [3.8, 4) is 5.75 Å². The van der Waals surface area contributed by atoms with Gasteiger partial charge in [0.1, 0.15) is 5.75 Å².